The molecule has 8 heteroatoms. The first-order chi connectivity index (χ1) is 10.3. The second-order valence-corrected chi connectivity index (χ2v) is 9.66. The topological polar surface area (TPSA) is 83.9 Å². The summed E-state index contributed by atoms with van der Waals surface area (Å²) in [7, 11) is -6.77. The van der Waals surface area contributed by atoms with Crippen LogP contribution in [0.5, 0.6) is 0 Å². The maximum Gasteiger partial charge on any atom is 0.290 e. The number of carbonyl (C=O) groups excluding carboxylic acids is 1. The van der Waals surface area contributed by atoms with Crippen molar-refractivity contribution in [1.29, 1.82) is 0 Å². The average molecular weight is 344 g/mol. The summed E-state index contributed by atoms with van der Waals surface area (Å²) in [6, 6.07) is 6.29. The predicted octanol–water partition coefficient (Wildman–Crippen LogP) is 1.40. The average Bonchev–Trinajstić information content (AvgIpc) is 2.46. The maximum atomic E-state index is 12.6. The summed E-state index contributed by atoms with van der Waals surface area (Å²) in [6.45, 7) is 4.20. The highest BCUT2D eigenvalue weighted by Gasteiger charge is 2.26. The van der Waals surface area contributed by atoms with E-state index in [1.54, 1.807) is 24.0 Å². The number of carbonyl (C=O) groups is 1. The molecule has 0 aliphatic carbocycles. The van der Waals surface area contributed by atoms with E-state index in [4.69, 9.17) is 0 Å². The molecule has 1 aliphatic rings. The minimum atomic E-state index is -3.93. The summed E-state index contributed by atoms with van der Waals surface area (Å²) in [5.41, 5.74) is 0.939. The minimum Gasteiger partial charge on any atom is -0.341 e. The SMILES string of the molecule is CCC(=O)N1CCS(=O)(=NS(=O)(=O)c2ccc(C)cc2)CC1. The fourth-order valence-corrected chi connectivity index (χ4v) is 6.27. The largest absolute Gasteiger partial charge is 0.341 e. The standard InChI is InChI=1S/C14H20N2O4S2/c1-3-14(17)16-8-10-21(18,11-9-16)15-22(19,20)13-6-4-12(2)5-7-13/h4-7H,3,8-11H2,1-2H3. The van der Waals surface area contributed by atoms with Gasteiger partial charge in [0.2, 0.25) is 5.91 Å². The molecule has 1 amide bonds. The second-order valence-electron chi connectivity index (χ2n) is 5.28. The smallest absolute Gasteiger partial charge is 0.290 e. The number of hydrogen-bond acceptors (Lipinski definition) is 4. The molecule has 122 valence electrons. The molecule has 0 saturated carbocycles. The Bertz CT molecular complexity index is 762. The van der Waals surface area contributed by atoms with Crippen LogP contribution >= 0.6 is 0 Å². The molecule has 6 nitrogen and oxygen atoms in total. The van der Waals surface area contributed by atoms with Gasteiger partial charge >= 0.3 is 0 Å². The number of benzene rings is 1. The highest BCUT2D eigenvalue weighted by molar-refractivity contribution is 8.03. The summed E-state index contributed by atoms with van der Waals surface area (Å²) in [5, 5.41) is 0. The molecular weight excluding hydrogens is 324 g/mol. The molecule has 0 bridgehead atoms. The molecule has 1 heterocycles. The molecule has 0 aromatic heterocycles. The molecule has 22 heavy (non-hydrogen) atoms. The highest BCUT2D eigenvalue weighted by Crippen LogP contribution is 2.17. The van der Waals surface area contributed by atoms with E-state index in [9.17, 15) is 17.4 Å². The van der Waals surface area contributed by atoms with Crippen LogP contribution in [0.4, 0.5) is 0 Å². The van der Waals surface area contributed by atoms with E-state index >= 15 is 0 Å². The van der Waals surface area contributed by atoms with E-state index in [0.29, 0.717) is 19.5 Å². The fourth-order valence-electron chi connectivity index (χ4n) is 2.20. The van der Waals surface area contributed by atoms with Gasteiger partial charge in [-0.25, -0.2) is 4.21 Å². The van der Waals surface area contributed by atoms with Crippen molar-refractivity contribution in [2.75, 3.05) is 24.6 Å². The number of aryl methyl sites for hydroxylation is 1. The Balaban J connectivity index is 2.23. The molecule has 0 spiro atoms. The number of nitrogens with zero attached hydrogens (tertiary/aromatic N) is 2. The first kappa shape index (κ1) is 17.0. The third-order valence-corrected chi connectivity index (χ3v) is 7.95. The van der Waals surface area contributed by atoms with Gasteiger partial charge in [0.05, 0.1) is 26.1 Å². The summed E-state index contributed by atoms with van der Waals surface area (Å²) in [5.74, 6) is 0.191. The Morgan fingerprint density at radius 1 is 1.23 bits per heavy atom. The Morgan fingerprint density at radius 2 is 1.77 bits per heavy atom. The molecule has 1 fully saturated rings. The lowest BCUT2D eigenvalue weighted by atomic mass is 10.2. The molecule has 0 N–H and O–H groups in total. The zero-order valence-electron chi connectivity index (χ0n) is 12.7. The number of hydrogen-bond donors (Lipinski definition) is 0. The molecule has 1 aromatic rings. The molecule has 1 aromatic carbocycles. The summed E-state index contributed by atoms with van der Waals surface area (Å²) >= 11 is 0. The maximum absolute atomic E-state index is 12.6. The zero-order chi connectivity index (χ0) is 16.4. The lowest BCUT2D eigenvalue weighted by Gasteiger charge is -2.28. The van der Waals surface area contributed by atoms with Gasteiger partial charge in [-0.1, -0.05) is 24.6 Å². The molecule has 0 unspecified atom stereocenters. The normalized spacial score (nSPS) is 18.0. The fraction of sp³-hybridized carbons (Fsp3) is 0.500. The van der Waals surface area contributed by atoms with Crippen LogP contribution in [0.2, 0.25) is 0 Å². The van der Waals surface area contributed by atoms with Gasteiger partial charge in [0, 0.05) is 19.5 Å². The van der Waals surface area contributed by atoms with E-state index in [1.165, 1.54) is 12.1 Å². The van der Waals surface area contributed by atoms with E-state index in [1.807, 2.05) is 6.92 Å². The van der Waals surface area contributed by atoms with Crippen molar-refractivity contribution in [3.05, 3.63) is 29.8 Å². The van der Waals surface area contributed by atoms with Gasteiger partial charge in [-0.05, 0) is 19.1 Å². The molecule has 0 radical (unpaired) electrons. The number of amides is 1. The zero-order valence-corrected chi connectivity index (χ0v) is 14.3. The van der Waals surface area contributed by atoms with Gasteiger partial charge in [-0.15, -0.1) is 3.77 Å². The van der Waals surface area contributed by atoms with Crippen LogP contribution < -0.4 is 0 Å². The van der Waals surface area contributed by atoms with Crippen LogP contribution in [-0.4, -0.2) is 48.0 Å². The van der Waals surface area contributed by atoms with Crippen molar-refractivity contribution < 1.29 is 17.4 Å². The van der Waals surface area contributed by atoms with E-state index in [-0.39, 0.29) is 22.3 Å². The van der Waals surface area contributed by atoms with Crippen molar-refractivity contribution in [2.45, 2.75) is 25.2 Å². The van der Waals surface area contributed by atoms with Gasteiger partial charge < -0.3 is 4.90 Å². The Labute approximate surface area is 131 Å². The van der Waals surface area contributed by atoms with Gasteiger partial charge in [0.1, 0.15) is 0 Å². The first-order valence-corrected chi connectivity index (χ1v) is 10.4. The number of rotatable bonds is 3. The van der Waals surface area contributed by atoms with Gasteiger partial charge in [-0.3, -0.25) is 4.79 Å². The van der Waals surface area contributed by atoms with Crippen LogP contribution in [0, 0.1) is 6.92 Å². The van der Waals surface area contributed by atoms with E-state index in [2.05, 4.69) is 3.77 Å². The first-order valence-electron chi connectivity index (χ1n) is 7.09. The second kappa shape index (κ2) is 6.37. The quantitative estimate of drug-likeness (QED) is 0.830. The van der Waals surface area contributed by atoms with Gasteiger partial charge in [-0.2, -0.15) is 8.42 Å². The predicted molar refractivity (Wildman–Crippen MR) is 85.5 cm³/mol. The summed E-state index contributed by atoms with van der Waals surface area (Å²) in [4.78, 5) is 13.3. The Hall–Kier alpha value is -1.41. The third kappa shape index (κ3) is 3.86. The van der Waals surface area contributed by atoms with Crippen LogP contribution in [-0.2, 0) is 24.5 Å². The molecule has 1 aliphatic heterocycles. The Kier molecular flexibility index (Phi) is 4.91. The van der Waals surface area contributed by atoms with E-state index < -0.39 is 19.8 Å². The van der Waals surface area contributed by atoms with Crippen molar-refractivity contribution >= 4 is 25.7 Å². The monoisotopic (exact) mass is 344 g/mol. The third-order valence-electron chi connectivity index (χ3n) is 3.57. The lowest BCUT2D eigenvalue weighted by molar-refractivity contribution is -0.130. The van der Waals surface area contributed by atoms with Crippen LogP contribution in [0.15, 0.2) is 32.9 Å². The van der Waals surface area contributed by atoms with Gasteiger partial charge in [0.25, 0.3) is 10.0 Å². The van der Waals surface area contributed by atoms with Crippen molar-refractivity contribution in [2.24, 2.45) is 3.77 Å². The van der Waals surface area contributed by atoms with Crippen LogP contribution in [0.3, 0.4) is 0 Å². The van der Waals surface area contributed by atoms with Crippen molar-refractivity contribution in [1.82, 2.24) is 4.90 Å². The highest BCUT2D eigenvalue weighted by atomic mass is 32.3. The molecule has 1 saturated heterocycles. The number of sulfonamides is 1. The summed E-state index contributed by atoms with van der Waals surface area (Å²) in [6.07, 6.45) is 0.389. The molecule has 0 atom stereocenters. The minimum absolute atomic E-state index is 0.0113. The van der Waals surface area contributed by atoms with E-state index in [0.717, 1.165) is 5.56 Å². The van der Waals surface area contributed by atoms with Gasteiger partial charge in [0.15, 0.2) is 0 Å². The Morgan fingerprint density at radius 3 is 2.27 bits per heavy atom. The molecule has 2 rings (SSSR count). The summed E-state index contributed by atoms with van der Waals surface area (Å²) < 4.78 is 40.8. The van der Waals surface area contributed by atoms with Crippen LogP contribution in [0.25, 0.3) is 0 Å². The van der Waals surface area contributed by atoms with Crippen molar-refractivity contribution in [3.63, 3.8) is 0 Å². The van der Waals surface area contributed by atoms with Crippen LogP contribution in [0.1, 0.15) is 18.9 Å². The van der Waals surface area contributed by atoms with Crippen molar-refractivity contribution in [3.8, 4) is 0 Å². The molecular formula is C14H20N2O4S2. The lowest BCUT2D eigenvalue weighted by Crippen LogP contribution is -2.43.